The number of oxime groups is 1. The monoisotopic (exact) mass is 379 g/mol. The van der Waals surface area contributed by atoms with Gasteiger partial charge in [0.2, 0.25) is 0 Å². The van der Waals surface area contributed by atoms with Crippen molar-refractivity contribution < 1.29 is 9.63 Å². The minimum Gasteiger partial charge on any atom is -0.385 e. The summed E-state index contributed by atoms with van der Waals surface area (Å²) in [5, 5.41) is 21.8. The first kappa shape index (κ1) is 18.4. The summed E-state index contributed by atoms with van der Waals surface area (Å²) in [6, 6.07) is 13.3. The molecule has 1 N–H and O–H groups in total. The third kappa shape index (κ3) is 5.26. The molecular formula is C19H17N5O2S. The van der Waals surface area contributed by atoms with Gasteiger partial charge in [-0.15, -0.1) is 11.3 Å². The smallest absolute Gasteiger partial charge is 0.265 e. The van der Waals surface area contributed by atoms with Crippen molar-refractivity contribution in [2.24, 2.45) is 5.16 Å². The predicted molar refractivity (Wildman–Crippen MR) is 104 cm³/mol. The Labute approximate surface area is 160 Å². The van der Waals surface area contributed by atoms with Crippen LogP contribution in [0.2, 0.25) is 0 Å². The maximum Gasteiger partial charge on any atom is 0.265 e. The van der Waals surface area contributed by atoms with Crippen LogP contribution in [-0.2, 0) is 16.2 Å². The number of hydrogen-bond donors (Lipinski definition) is 1. The fourth-order valence-corrected chi connectivity index (χ4v) is 3.02. The molecular weight excluding hydrogens is 362 g/mol. The van der Waals surface area contributed by atoms with Crippen molar-refractivity contribution in [2.75, 3.05) is 11.9 Å². The first-order valence-electron chi connectivity index (χ1n) is 8.16. The number of carbonyl (C=O) groups excluding carboxylic acids is 1. The van der Waals surface area contributed by atoms with Crippen molar-refractivity contribution in [3.8, 4) is 6.07 Å². The Morgan fingerprint density at radius 2 is 2.30 bits per heavy atom. The van der Waals surface area contributed by atoms with Gasteiger partial charge in [-0.25, -0.2) is 0 Å². The van der Waals surface area contributed by atoms with Gasteiger partial charge in [-0.05, 0) is 36.1 Å². The quantitative estimate of drug-likeness (QED) is 0.504. The Morgan fingerprint density at radius 1 is 1.41 bits per heavy atom. The van der Waals surface area contributed by atoms with Gasteiger partial charge in [0.1, 0.15) is 0 Å². The Hall–Kier alpha value is -3.44. The Kier molecular flexibility index (Phi) is 5.97. The van der Waals surface area contributed by atoms with Crippen molar-refractivity contribution in [2.45, 2.75) is 13.5 Å². The molecule has 0 spiro atoms. The lowest BCUT2D eigenvalue weighted by Gasteiger charge is -2.03. The van der Waals surface area contributed by atoms with Crippen LogP contribution in [0.4, 0.5) is 5.69 Å². The highest BCUT2D eigenvalue weighted by Gasteiger charge is 2.06. The van der Waals surface area contributed by atoms with E-state index in [1.54, 1.807) is 34.5 Å². The van der Waals surface area contributed by atoms with E-state index in [0.717, 1.165) is 16.2 Å². The molecule has 3 rings (SSSR count). The number of anilines is 1. The molecule has 0 unspecified atom stereocenters. The lowest BCUT2D eigenvalue weighted by atomic mass is 10.1. The Balaban J connectivity index is 1.50. The molecule has 8 heteroatoms. The second-order valence-electron chi connectivity index (χ2n) is 5.71. The van der Waals surface area contributed by atoms with E-state index < -0.39 is 0 Å². The number of nitriles is 1. The molecule has 0 bridgehead atoms. The second kappa shape index (κ2) is 8.78. The van der Waals surface area contributed by atoms with Gasteiger partial charge in [0.25, 0.3) is 5.91 Å². The summed E-state index contributed by atoms with van der Waals surface area (Å²) < 4.78 is 1.69. The third-order valence-corrected chi connectivity index (χ3v) is 4.57. The van der Waals surface area contributed by atoms with Crippen molar-refractivity contribution >= 4 is 28.6 Å². The number of carbonyl (C=O) groups is 1. The van der Waals surface area contributed by atoms with Crippen molar-refractivity contribution in [1.29, 1.82) is 5.26 Å². The number of thiophene rings is 1. The summed E-state index contributed by atoms with van der Waals surface area (Å²) in [5.41, 5.74) is 2.85. The molecule has 0 fully saturated rings. The van der Waals surface area contributed by atoms with E-state index in [1.807, 2.05) is 42.6 Å². The topological polar surface area (TPSA) is 92.3 Å². The lowest BCUT2D eigenvalue weighted by molar-refractivity contribution is -0.120. The molecule has 7 nitrogen and oxygen atoms in total. The third-order valence-electron chi connectivity index (χ3n) is 3.59. The van der Waals surface area contributed by atoms with Crippen molar-refractivity contribution in [1.82, 2.24) is 9.78 Å². The zero-order valence-corrected chi connectivity index (χ0v) is 15.4. The minimum atomic E-state index is -0.316. The fraction of sp³-hybridized carbons (Fsp3) is 0.158. The average molecular weight is 379 g/mol. The highest BCUT2D eigenvalue weighted by Crippen LogP contribution is 2.11. The fourth-order valence-electron chi connectivity index (χ4n) is 2.36. The number of benzene rings is 1. The molecule has 0 atom stereocenters. The largest absolute Gasteiger partial charge is 0.385 e. The molecule has 0 radical (unpaired) electrons. The van der Waals surface area contributed by atoms with E-state index in [2.05, 4.69) is 21.6 Å². The molecule has 0 aliphatic carbocycles. The normalized spacial score (nSPS) is 11.0. The van der Waals surface area contributed by atoms with E-state index in [4.69, 9.17) is 10.1 Å². The van der Waals surface area contributed by atoms with E-state index >= 15 is 0 Å². The predicted octanol–water partition coefficient (Wildman–Crippen LogP) is 3.24. The van der Waals surface area contributed by atoms with Gasteiger partial charge in [-0.2, -0.15) is 10.4 Å². The van der Waals surface area contributed by atoms with Gasteiger partial charge in [0.05, 0.1) is 40.7 Å². The molecule has 2 heterocycles. The molecule has 2 aromatic heterocycles. The summed E-state index contributed by atoms with van der Waals surface area (Å²) >= 11 is 1.56. The summed E-state index contributed by atoms with van der Waals surface area (Å²) in [6.45, 7) is 2.15. The first-order valence-corrected chi connectivity index (χ1v) is 9.04. The van der Waals surface area contributed by atoms with Gasteiger partial charge in [-0.1, -0.05) is 23.4 Å². The summed E-state index contributed by atoms with van der Waals surface area (Å²) in [6.07, 6.45) is 3.28. The molecule has 3 aromatic rings. The van der Waals surface area contributed by atoms with Crippen LogP contribution in [0.1, 0.15) is 22.9 Å². The highest BCUT2D eigenvalue weighted by molar-refractivity contribution is 7.12. The van der Waals surface area contributed by atoms with E-state index in [0.29, 0.717) is 17.8 Å². The van der Waals surface area contributed by atoms with Crippen LogP contribution in [0.25, 0.3) is 0 Å². The molecule has 0 aliphatic rings. The van der Waals surface area contributed by atoms with Crippen LogP contribution >= 0.6 is 11.3 Å². The van der Waals surface area contributed by atoms with E-state index in [1.165, 1.54) is 0 Å². The second-order valence-corrected chi connectivity index (χ2v) is 6.66. The zero-order chi connectivity index (χ0) is 19.1. The number of nitrogens with one attached hydrogen (secondary N) is 1. The van der Waals surface area contributed by atoms with Gasteiger partial charge >= 0.3 is 0 Å². The Bertz CT molecular complexity index is 986. The van der Waals surface area contributed by atoms with Gasteiger partial charge < -0.3 is 10.2 Å². The summed E-state index contributed by atoms with van der Waals surface area (Å²) in [5.74, 6) is -0.316. The van der Waals surface area contributed by atoms with Crippen molar-refractivity contribution in [3.63, 3.8) is 0 Å². The maximum absolute atomic E-state index is 12.0. The molecule has 1 amide bonds. The molecule has 1 aromatic carbocycles. The number of nitrogens with zero attached hydrogens (tertiary/aromatic N) is 4. The highest BCUT2D eigenvalue weighted by atomic mass is 32.1. The van der Waals surface area contributed by atoms with Crippen molar-refractivity contribution in [3.05, 3.63) is 70.2 Å². The number of hydrogen-bond acceptors (Lipinski definition) is 6. The van der Waals surface area contributed by atoms with Crippen LogP contribution in [-0.4, -0.2) is 28.0 Å². The number of rotatable bonds is 7. The first-order chi connectivity index (χ1) is 13.1. The molecule has 0 saturated heterocycles. The zero-order valence-electron chi connectivity index (χ0n) is 14.6. The summed E-state index contributed by atoms with van der Waals surface area (Å²) in [7, 11) is 0. The average Bonchev–Trinajstić information content (AvgIpc) is 3.34. The lowest BCUT2D eigenvalue weighted by Crippen LogP contribution is -2.17. The van der Waals surface area contributed by atoms with Gasteiger partial charge in [-0.3, -0.25) is 9.48 Å². The summed E-state index contributed by atoms with van der Waals surface area (Å²) in [4.78, 5) is 18.1. The molecule has 27 heavy (non-hydrogen) atoms. The standard InChI is InChI=1S/C19H17N5O2S/c1-14(18-6-3-7-27-18)23-26-13-19(25)22-17-10-21-24(12-17)11-16-5-2-4-15(8-16)9-20/h2-8,10,12H,11,13H2,1H3,(H,22,25)/b23-14-. The van der Waals surface area contributed by atoms with Crippen LogP contribution < -0.4 is 5.32 Å². The van der Waals surface area contributed by atoms with Crippen LogP contribution in [0.5, 0.6) is 0 Å². The molecule has 0 saturated carbocycles. The maximum atomic E-state index is 12.0. The Morgan fingerprint density at radius 3 is 3.07 bits per heavy atom. The van der Waals surface area contributed by atoms with E-state index in [-0.39, 0.29) is 12.5 Å². The van der Waals surface area contributed by atoms with Crippen LogP contribution in [0.3, 0.4) is 0 Å². The SMILES string of the molecule is C/C(=N/OCC(=O)Nc1cnn(Cc2cccc(C#N)c2)c1)c1cccs1. The molecule has 0 aliphatic heterocycles. The minimum absolute atomic E-state index is 0.182. The van der Waals surface area contributed by atoms with Gasteiger partial charge in [0.15, 0.2) is 6.61 Å². The molecule has 136 valence electrons. The van der Waals surface area contributed by atoms with E-state index in [9.17, 15) is 4.79 Å². The van der Waals surface area contributed by atoms with Crippen LogP contribution in [0.15, 0.2) is 59.3 Å². The van der Waals surface area contributed by atoms with Gasteiger partial charge in [0, 0.05) is 6.20 Å². The van der Waals surface area contributed by atoms with Crippen LogP contribution in [0, 0.1) is 11.3 Å². The number of amides is 1. The number of aromatic nitrogens is 2.